The lowest BCUT2D eigenvalue weighted by molar-refractivity contribution is 0.0613. The monoisotopic (exact) mass is 325 g/mol. The Balaban J connectivity index is 3.20. The van der Waals surface area contributed by atoms with Crippen LogP contribution in [-0.4, -0.2) is 30.0 Å². The van der Waals surface area contributed by atoms with Crippen molar-refractivity contribution in [3.63, 3.8) is 0 Å². The highest BCUT2D eigenvalue weighted by Crippen LogP contribution is 2.27. The number of methoxy groups -OCH3 is 1. The molecular weight excluding hydrogens is 306 g/mol. The van der Waals surface area contributed by atoms with Crippen molar-refractivity contribution in [2.45, 2.75) is 26.3 Å². The van der Waals surface area contributed by atoms with E-state index in [0.29, 0.717) is 17.9 Å². The molecule has 0 aromatic heterocycles. The smallest absolute Gasteiger partial charge is 0.258 e. The fourth-order valence-electron chi connectivity index (χ4n) is 1.78. The van der Waals surface area contributed by atoms with E-state index in [2.05, 4.69) is 22.5 Å². The van der Waals surface area contributed by atoms with Crippen LogP contribution in [-0.2, 0) is 0 Å². The average molecular weight is 326 g/mol. The molecule has 0 atom stereocenters. The van der Waals surface area contributed by atoms with Crippen LogP contribution in [0, 0.1) is 0 Å². The molecule has 0 aliphatic heterocycles. The molecule has 4 heteroatoms. The summed E-state index contributed by atoms with van der Waals surface area (Å²) in [5.41, 5.74) is 0.283. The zero-order valence-corrected chi connectivity index (χ0v) is 13.5. The number of hydrogen-bond acceptors (Lipinski definition) is 2. The molecule has 104 valence electrons. The van der Waals surface area contributed by atoms with Crippen LogP contribution >= 0.6 is 15.9 Å². The molecule has 1 amide bonds. The molecule has 0 unspecified atom stereocenters. The first kappa shape index (κ1) is 15.8. The zero-order chi connectivity index (χ0) is 14.6. The van der Waals surface area contributed by atoms with Crippen LogP contribution in [0.1, 0.15) is 31.1 Å². The standard InChI is InChI=1S/C15H20BrNO2/c1-6-9-17(15(2,3)4)14(18)12-8-7-11(16)10-13(12)19-5/h6-8,10H,1,9H2,2-5H3. The molecule has 0 bridgehead atoms. The van der Waals surface area contributed by atoms with E-state index in [4.69, 9.17) is 4.74 Å². The first-order valence-electron chi connectivity index (χ1n) is 6.07. The first-order chi connectivity index (χ1) is 8.81. The Bertz CT molecular complexity index is 478. The van der Waals surface area contributed by atoms with Crippen molar-refractivity contribution in [3.8, 4) is 5.75 Å². The fourth-order valence-corrected chi connectivity index (χ4v) is 2.12. The van der Waals surface area contributed by atoms with Gasteiger partial charge in [-0.2, -0.15) is 0 Å². The topological polar surface area (TPSA) is 29.5 Å². The molecule has 0 radical (unpaired) electrons. The van der Waals surface area contributed by atoms with Crippen LogP contribution < -0.4 is 4.74 Å². The minimum Gasteiger partial charge on any atom is -0.496 e. The van der Waals surface area contributed by atoms with Crippen molar-refractivity contribution in [3.05, 3.63) is 40.9 Å². The highest BCUT2D eigenvalue weighted by Gasteiger charge is 2.28. The zero-order valence-electron chi connectivity index (χ0n) is 11.9. The van der Waals surface area contributed by atoms with Gasteiger partial charge in [0.1, 0.15) is 5.75 Å². The molecule has 3 nitrogen and oxygen atoms in total. The van der Waals surface area contributed by atoms with Crippen molar-refractivity contribution in [2.75, 3.05) is 13.7 Å². The molecule has 0 N–H and O–H groups in total. The normalized spacial score (nSPS) is 11.0. The molecule has 0 aliphatic rings. The Labute approximate surface area is 123 Å². The van der Waals surface area contributed by atoms with Gasteiger partial charge in [-0.05, 0) is 39.0 Å². The van der Waals surface area contributed by atoms with E-state index in [1.807, 2.05) is 26.8 Å². The quantitative estimate of drug-likeness (QED) is 0.786. The molecule has 1 aromatic rings. The summed E-state index contributed by atoms with van der Waals surface area (Å²) < 4.78 is 6.17. The maximum Gasteiger partial charge on any atom is 0.258 e. The van der Waals surface area contributed by atoms with Gasteiger partial charge >= 0.3 is 0 Å². The van der Waals surface area contributed by atoms with E-state index in [1.165, 1.54) is 0 Å². The van der Waals surface area contributed by atoms with Gasteiger partial charge in [0, 0.05) is 16.6 Å². The Kier molecular flexibility index (Phi) is 5.18. The summed E-state index contributed by atoms with van der Waals surface area (Å²) in [5.74, 6) is 0.509. The van der Waals surface area contributed by atoms with Gasteiger partial charge in [-0.15, -0.1) is 6.58 Å². The van der Waals surface area contributed by atoms with Gasteiger partial charge in [0.25, 0.3) is 5.91 Å². The van der Waals surface area contributed by atoms with E-state index >= 15 is 0 Å². The number of amides is 1. The van der Waals surface area contributed by atoms with Gasteiger partial charge in [-0.25, -0.2) is 0 Å². The maximum absolute atomic E-state index is 12.7. The van der Waals surface area contributed by atoms with E-state index < -0.39 is 0 Å². The molecule has 1 aromatic carbocycles. The third-order valence-corrected chi connectivity index (χ3v) is 3.25. The summed E-state index contributed by atoms with van der Waals surface area (Å²) >= 11 is 3.37. The van der Waals surface area contributed by atoms with Gasteiger partial charge < -0.3 is 9.64 Å². The molecule has 0 aliphatic carbocycles. The van der Waals surface area contributed by atoms with Crippen molar-refractivity contribution in [1.82, 2.24) is 4.90 Å². The van der Waals surface area contributed by atoms with Gasteiger partial charge in [0.2, 0.25) is 0 Å². The van der Waals surface area contributed by atoms with Crippen LogP contribution in [0.4, 0.5) is 0 Å². The molecule has 19 heavy (non-hydrogen) atoms. The van der Waals surface area contributed by atoms with E-state index in [0.717, 1.165) is 4.47 Å². The average Bonchev–Trinajstić information content (AvgIpc) is 2.33. The Morgan fingerprint density at radius 1 is 1.47 bits per heavy atom. The molecule has 1 rings (SSSR count). The third-order valence-electron chi connectivity index (χ3n) is 2.76. The van der Waals surface area contributed by atoms with Gasteiger partial charge in [0.05, 0.1) is 12.7 Å². The van der Waals surface area contributed by atoms with Crippen LogP contribution in [0.3, 0.4) is 0 Å². The number of rotatable bonds is 4. The summed E-state index contributed by atoms with van der Waals surface area (Å²) in [6.45, 7) is 10.2. The minimum atomic E-state index is -0.274. The molecule has 0 saturated carbocycles. The molecule has 0 spiro atoms. The number of ether oxygens (including phenoxy) is 1. The van der Waals surface area contributed by atoms with Gasteiger partial charge in [0.15, 0.2) is 0 Å². The van der Waals surface area contributed by atoms with Crippen molar-refractivity contribution >= 4 is 21.8 Å². The Hall–Kier alpha value is -1.29. The highest BCUT2D eigenvalue weighted by atomic mass is 79.9. The van der Waals surface area contributed by atoms with Crippen LogP contribution in [0.5, 0.6) is 5.75 Å². The van der Waals surface area contributed by atoms with Gasteiger partial charge in [-0.1, -0.05) is 22.0 Å². The Morgan fingerprint density at radius 2 is 2.11 bits per heavy atom. The summed E-state index contributed by atoms with van der Waals surface area (Å²) in [6, 6.07) is 5.40. The molecule has 0 fully saturated rings. The largest absolute Gasteiger partial charge is 0.496 e. The van der Waals surface area contributed by atoms with Crippen molar-refractivity contribution in [2.24, 2.45) is 0 Å². The Morgan fingerprint density at radius 3 is 2.58 bits per heavy atom. The van der Waals surface area contributed by atoms with Crippen LogP contribution in [0.25, 0.3) is 0 Å². The number of nitrogens with zero attached hydrogens (tertiary/aromatic N) is 1. The highest BCUT2D eigenvalue weighted by molar-refractivity contribution is 9.10. The van der Waals surface area contributed by atoms with E-state index in [-0.39, 0.29) is 11.4 Å². The minimum absolute atomic E-state index is 0.0586. The molecule has 0 heterocycles. The molecule has 0 saturated heterocycles. The summed E-state index contributed by atoms with van der Waals surface area (Å²) in [7, 11) is 1.56. The first-order valence-corrected chi connectivity index (χ1v) is 6.87. The van der Waals surface area contributed by atoms with Crippen LogP contribution in [0.15, 0.2) is 35.3 Å². The lowest BCUT2D eigenvalue weighted by atomic mass is 10.0. The lowest BCUT2D eigenvalue weighted by Gasteiger charge is -2.35. The number of benzene rings is 1. The van der Waals surface area contributed by atoms with E-state index in [1.54, 1.807) is 30.2 Å². The summed E-state index contributed by atoms with van der Waals surface area (Å²) in [6.07, 6.45) is 1.73. The maximum atomic E-state index is 12.7. The SMILES string of the molecule is C=CCN(C(=O)c1ccc(Br)cc1OC)C(C)(C)C. The number of carbonyl (C=O) groups excluding carboxylic acids is 1. The second-order valence-corrected chi connectivity index (χ2v) is 6.14. The van der Waals surface area contributed by atoms with Crippen molar-refractivity contribution in [1.29, 1.82) is 0 Å². The predicted octanol–water partition coefficient (Wildman–Crippen LogP) is 3.88. The summed E-state index contributed by atoms with van der Waals surface area (Å²) in [5, 5.41) is 0. The molecular formula is C15H20BrNO2. The predicted molar refractivity (Wildman–Crippen MR) is 81.7 cm³/mol. The second kappa shape index (κ2) is 6.24. The third kappa shape index (κ3) is 3.83. The fraction of sp³-hybridized carbons (Fsp3) is 0.400. The van der Waals surface area contributed by atoms with E-state index in [9.17, 15) is 4.79 Å². The second-order valence-electron chi connectivity index (χ2n) is 5.22. The summed E-state index contributed by atoms with van der Waals surface area (Å²) in [4.78, 5) is 14.4. The van der Waals surface area contributed by atoms with Crippen molar-refractivity contribution < 1.29 is 9.53 Å². The van der Waals surface area contributed by atoms with Crippen LogP contribution in [0.2, 0.25) is 0 Å². The number of halogens is 1. The van der Waals surface area contributed by atoms with Gasteiger partial charge in [-0.3, -0.25) is 4.79 Å². The number of carbonyl (C=O) groups is 1. The lowest BCUT2D eigenvalue weighted by Crippen LogP contribution is -2.45. The number of hydrogen-bond donors (Lipinski definition) is 0.